The molecule has 4 rings (SSSR count). The van der Waals surface area contributed by atoms with Gasteiger partial charge in [-0.05, 0) is 12.1 Å². The fourth-order valence-corrected chi connectivity index (χ4v) is 2.93. The minimum absolute atomic E-state index is 0.228. The van der Waals surface area contributed by atoms with Gasteiger partial charge in [-0.15, -0.1) is 0 Å². The van der Waals surface area contributed by atoms with Crippen LogP contribution in [0.5, 0.6) is 0 Å². The molecule has 0 radical (unpaired) electrons. The van der Waals surface area contributed by atoms with Gasteiger partial charge < -0.3 is 9.55 Å². The molecule has 0 aliphatic heterocycles. The number of aromatic nitrogens is 5. The third-order valence-electron chi connectivity index (χ3n) is 3.96. The molecule has 0 saturated carbocycles. The van der Waals surface area contributed by atoms with Crippen molar-refractivity contribution in [1.29, 1.82) is 5.26 Å². The van der Waals surface area contributed by atoms with Crippen molar-refractivity contribution in [3.8, 4) is 11.8 Å². The number of hydrogen-bond donors (Lipinski definition) is 1. The third-order valence-corrected chi connectivity index (χ3v) is 3.96. The van der Waals surface area contributed by atoms with Gasteiger partial charge in [-0.25, -0.2) is 4.98 Å². The highest BCUT2D eigenvalue weighted by molar-refractivity contribution is 6.04. The Labute approximate surface area is 139 Å². The lowest BCUT2D eigenvalue weighted by Gasteiger charge is -2.11. The first-order valence-corrected chi connectivity index (χ1v) is 7.43. The van der Waals surface area contributed by atoms with Crippen LogP contribution in [0, 0.1) is 11.3 Å². The molecule has 0 saturated heterocycles. The second kappa shape index (κ2) is 5.37. The second-order valence-electron chi connectivity index (χ2n) is 5.53. The van der Waals surface area contributed by atoms with Crippen molar-refractivity contribution in [3.05, 3.63) is 42.6 Å². The van der Waals surface area contributed by atoms with Gasteiger partial charge >= 0.3 is 6.18 Å². The smallest absolute Gasteiger partial charge is 0.346 e. The summed E-state index contributed by atoms with van der Waals surface area (Å²) in [7, 11) is 0. The summed E-state index contributed by atoms with van der Waals surface area (Å²) >= 11 is 0. The highest BCUT2D eigenvalue weighted by atomic mass is 19.4. The van der Waals surface area contributed by atoms with E-state index in [-0.39, 0.29) is 12.1 Å². The lowest BCUT2D eigenvalue weighted by atomic mass is 10.2. The third kappa shape index (κ3) is 2.42. The van der Waals surface area contributed by atoms with Gasteiger partial charge in [0.1, 0.15) is 11.3 Å². The van der Waals surface area contributed by atoms with Crippen LogP contribution < -0.4 is 0 Å². The van der Waals surface area contributed by atoms with E-state index in [0.717, 1.165) is 10.6 Å². The molecule has 4 heterocycles. The summed E-state index contributed by atoms with van der Waals surface area (Å²) in [6.45, 7) is 0.318. The number of rotatable bonds is 3. The van der Waals surface area contributed by atoms with Crippen molar-refractivity contribution in [2.24, 2.45) is 0 Å². The first-order chi connectivity index (χ1) is 12.0. The molecule has 0 spiro atoms. The predicted molar refractivity (Wildman–Crippen MR) is 83.9 cm³/mol. The van der Waals surface area contributed by atoms with E-state index in [1.165, 1.54) is 23.3 Å². The average Bonchev–Trinajstić information content (AvgIpc) is 3.27. The fraction of sp³-hybridized carbons (Fsp3) is 0.188. The van der Waals surface area contributed by atoms with E-state index in [0.29, 0.717) is 28.5 Å². The first-order valence-electron chi connectivity index (χ1n) is 7.43. The number of pyridine rings is 1. The number of halogens is 3. The van der Waals surface area contributed by atoms with Crippen molar-refractivity contribution < 1.29 is 13.2 Å². The molecule has 0 fully saturated rings. The fourth-order valence-electron chi connectivity index (χ4n) is 2.93. The molecule has 126 valence electrons. The Balaban J connectivity index is 2.01. The molecule has 9 heteroatoms. The van der Waals surface area contributed by atoms with Crippen LogP contribution in [0.3, 0.4) is 0 Å². The Morgan fingerprint density at radius 3 is 2.88 bits per heavy atom. The summed E-state index contributed by atoms with van der Waals surface area (Å²) in [4.78, 5) is 7.06. The molecule has 25 heavy (non-hydrogen) atoms. The minimum Gasteiger partial charge on any atom is -0.346 e. The molecule has 0 amide bonds. The number of nitrogens with one attached hydrogen (secondary N) is 1. The van der Waals surface area contributed by atoms with Crippen molar-refractivity contribution in [2.45, 2.75) is 19.1 Å². The van der Waals surface area contributed by atoms with Crippen molar-refractivity contribution >= 4 is 21.9 Å². The van der Waals surface area contributed by atoms with Crippen LogP contribution in [-0.2, 0) is 12.7 Å². The molecule has 4 aromatic rings. The van der Waals surface area contributed by atoms with E-state index in [4.69, 9.17) is 5.26 Å². The van der Waals surface area contributed by atoms with Gasteiger partial charge in [0.25, 0.3) is 0 Å². The van der Waals surface area contributed by atoms with Gasteiger partial charge in [-0.3, -0.25) is 4.68 Å². The standard InChI is InChI=1S/C16H11F3N6/c17-16(18,19)13-6-10-7-22-15-12(2-4-21-15)14(10)25(13)11-8-23-24(9-11)5-1-3-20/h2,4,6-9H,1,5H2,(H,21,22). The SMILES string of the molecule is N#CCCn1cc(-n2c(C(F)(F)F)cc3cnc4[nH]ccc4c32)cn1. The number of nitriles is 1. The summed E-state index contributed by atoms with van der Waals surface area (Å²) in [6, 6.07) is 4.77. The van der Waals surface area contributed by atoms with E-state index >= 15 is 0 Å². The van der Waals surface area contributed by atoms with Crippen LogP contribution >= 0.6 is 0 Å². The maximum absolute atomic E-state index is 13.6. The van der Waals surface area contributed by atoms with Crippen LogP contribution in [0.4, 0.5) is 13.2 Å². The van der Waals surface area contributed by atoms with Gasteiger partial charge in [-0.1, -0.05) is 0 Å². The maximum atomic E-state index is 13.6. The number of aromatic amines is 1. The highest BCUT2D eigenvalue weighted by Gasteiger charge is 2.36. The van der Waals surface area contributed by atoms with E-state index < -0.39 is 11.9 Å². The lowest BCUT2D eigenvalue weighted by molar-refractivity contribution is -0.142. The Morgan fingerprint density at radius 2 is 2.12 bits per heavy atom. The van der Waals surface area contributed by atoms with Crippen molar-refractivity contribution in [3.63, 3.8) is 0 Å². The highest BCUT2D eigenvalue weighted by Crippen LogP contribution is 2.38. The van der Waals surface area contributed by atoms with Gasteiger partial charge in [0.2, 0.25) is 0 Å². The Kier molecular flexibility index (Phi) is 3.28. The minimum atomic E-state index is -4.53. The number of hydrogen-bond acceptors (Lipinski definition) is 3. The second-order valence-corrected chi connectivity index (χ2v) is 5.53. The molecule has 4 aromatic heterocycles. The zero-order valence-electron chi connectivity index (χ0n) is 12.7. The number of H-pyrrole nitrogens is 1. The monoisotopic (exact) mass is 344 g/mol. The quantitative estimate of drug-likeness (QED) is 0.616. The molecular formula is C16H11F3N6. The van der Waals surface area contributed by atoms with Gasteiger partial charge in [0.15, 0.2) is 0 Å². The Bertz CT molecular complexity index is 1110. The Morgan fingerprint density at radius 1 is 1.28 bits per heavy atom. The maximum Gasteiger partial charge on any atom is 0.431 e. The first kappa shape index (κ1) is 15.3. The predicted octanol–water partition coefficient (Wildman–Crippen LogP) is 3.64. The van der Waals surface area contributed by atoms with Gasteiger partial charge in [0, 0.05) is 29.4 Å². The van der Waals surface area contributed by atoms with Crippen LogP contribution in [0.2, 0.25) is 0 Å². The number of alkyl halides is 3. The van der Waals surface area contributed by atoms with E-state index in [9.17, 15) is 13.2 Å². The lowest BCUT2D eigenvalue weighted by Crippen LogP contribution is -2.11. The van der Waals surface area contributed by atoms with E-state index in [2.05, 4.69) is 15.1 Å². The topological polar surface area (TPSA) is 75.2 Å². The van der Waals surface area contributed by atoms with E-state index in [1.54, 1.807) is 12.3 Å². The van der Waals surface area contributed by atoms with Crippen LogP contribution in [0.25, 0.3) is 27.6 Å². The zero-order chi connectivity index (χ0) is 17.6. The molecule has 0 aliphatic rings. The Hall–Kier alpha value is -3.28. The van der Waals surface area contributed by atoms with Crippen molar-refractivity contribution in [1.82, 2.24) is 24.3 Å². The van der Waals surface area contributed by atoms with Gasteiger partial charge in [0.05, 0.1) is 36.4 Å². The molecular weight excluding hydrogens is 333 g/mol. The summed E-state index contributed by atoms with van der Waals surface area (Å²) in [5, 5.41) is 13.7. The molecule has 0 bridgehead atoms. The van der Waals surface area contributed by atoms with Crippen LogP contribution in [0.15, 0.2) is 36.9 Å². The van der Waals surface area contributed by atoms with Crippen LogP contribution in [0.1, 0.15) is 12.1 Å². The summed E-state index contributed by atoms with van der Waals surface area (Å²) in [5.41, 5.74) is 0.419. The number of fused-ring (bicyclic) bond motifs is 3. The van der Waals surface area contributed by atoms with Crippen molar-refractivity contribution in [2.75, 3.05) is 0 Å². The molecule has 6 nitrogen and oxygen atoms in total. The molecule has 0 atom stereocenters. The van der Waals surface area contributed by atoms with Crippen LogP contribution in [-0.4, -0.2) is 24.3 Å². The largest absolute Gasteiger partial charge is 0.431 e. The molecule has 1 N–H and O–H groups in total. The number of aryl methyl sites for hydroxylation is 1. The van der Waals surface area contributed by atoms with Gasteiger partial charge in [-0.2, -0.15) is 23.5 Å². The summed E-state index contributed by atoms with van der Waals surface area (Å²) < 4.78 is 43.4. The summed E-state index contributed by atoms with van der Waals surface area (Å²) in [6.07, 6.45) is 1.62. The van der Waals surface area contributed by atoms with E-state index in [1.807, 2.05) is 6.07 Å². The number of nitrogens with zero attached hydrogens (tertiary/aromatic N) is 5. The normalized spacial score (nSPS) is 12.1. The molecule has 0 aliphatic carbocycles. The average molecular weight is 344 g/mol. The molecule has 0 aromatic carbocycles. The summed E-state index contributed by atoms with van der Waals surface area (Å²) in [5.74, 6) is 0. The zero-order valence-corrected chi connectivity index (χ0v) is 12.7. The molecule has 0 unspecified atom stereocenters.